The normalized spacial score (nSPS) is 11.3. The molecule has 27 heavy (non-hydrogen) atoms. The molecule has 8 heteroatoms. The van der Waals surface area contributed by atoms with E-state index in [1.54, 1.807) is 30.6 Å². The van der Waals surface area contributed by atoms with Gasteiger partial charge in [0.25, 0.3) is 0 Å². The van der Waals surface area contributed by atoms with Crippen LogP contribution in [0.2, 0.25) is 0 Å². The van der Waals surface area contributed by atoms with E-state index in [4.69, 9.17) is 0 Å². The quantitative estimate of drug-likeness (QED) is 0.636. The number of nitrogens with one attached hydrogen (secondary N) is 2. The molecule has 140 valence electrons. The van der Waals surface area contributed by atoms with Crippen LogP contribution in [0.15, 0.2) is 42.7 Å². The van der Waals surface area contributed by atoms with E-state index in [0.717, 1.165) is 17.7 Å². The zero-order valence-corrected chi connectivity index (χ0v) is 15.0. The smallest absolute Gasteiger partial charge is 0.225 e. The van der Waals surface area contributed by atoms with E-state index in [0.29, 0.717) is 11.6 Å². The summed E-state index contributed by atoms with van der Waals surface area (Å²) in [5, 5.41) is 5.84. The maximum absolute atomic E-state index is 14.0. The molecular weight excluding hydrogens is 355 g/mol. The molecule has 5 nitrogen and oxygen atoms in total. The summed E-state index contributed by atoms with van der Waals surface area (Å²) >= 11 is 0. The Kier molecular flexibility index (Phi) is 4.98. The Morgan fingerprint density at radius 2 is 1.59 bits per heavy atom. The van der Waals surface area contributed by atoms with Crippen molar-refractivity contribution in [2.24, 2.45) is 0 Å². The third-order valence-corrected chi connectivity index (χ3v) is 3.49. The van der Waals surface area contributed by atoms with Crippen LogP contribution >= 0.6 is 0 Å². The fourth-order valence-electron chi connectivity index (χ4n) is 2.33. The highest BCUT2D eigenvalue weighted by Gasteiger charge is 2.17. The Morgan fingerprint density at radius 3 is 2.26 bits per heavy atom. The second-order valence-electron chi connectivity index (χ2n) is 6.92. The fourth-order valence-corrected chi connectivity index (χ4v) is 2.33. The summed E-state index contributed by atoms with van der Waals surface area (Å²) in [4.78, 5) is 12.7. The molecule has 1 aromatic carbocycles. The molecule has 2 N–H and O–H groups in total. The van der Waals surface area contributed by atoms with Crippen LogP contribution in [0.25, 0.3) is 11.3 Å². The van der Waals surface area contributed by atoms with E-state index in [-0.39, 0.29) is 17.0 Å². The van der Waals surface area contributed by atoms with Gasteiger partial charge in [-0.1, -0.05) is 0 Å². The molecule has 0 bridgehead atoms. The van der Waals surface area contributed by atoms with Crippen LogP contribution in [0.1, 0.15) is 20.8 Å². The molecule has 3 rings (SSSR count). The molecule has 3 aromatic rings. The SMILES string of the molecule is CC(C)(C)Nc1nc(Nc2ccc(F)c(F)c2F)cc(-c2ccncc2)n1. The molecule has 0 atom stereocenters. The molecule has 0 aliphatic carbocycles. The van der Waals surface area contributed by atoms with Gasteiger partial charge >= 0.3 is 0 Å². The average molecular weight is 373 g/mol. The summed E-state index contributed by atoms with van der Waals surface area (Å²) in [5.74, 6) is -3.58. The number of anilines is 3. The summed E-state index contributed by atoms with van der Waals surface area (Å²) in [6.07, 6.45) is 3.24. The third-order valence-electron chi connectivity index (χ3n) is 3.49. The number of halogens is 3. The molecule has 0 unspecified atom stereocenters. The van der Waals surface area contributed by atoms with Gasteiger partial charge in [-0.15, -0.1) is 0 Å². The Bertz CT molecular complexity index is 956. The average Bonchev–Trinajstić information content (AvgIpc) is 2.61. The van der Waals surface area contributed by atoms with E-state index in [2.05, 4.69) is 25.6 Å². The molecule has 0 aliphatic heterocycles. The Morgan fingerprint density at radius 1 is 0.889 bits per heavy atom. The van der Waals surface area contributed by atoms with Crippen molar-refractivity contribution in [3.05, 3.63) is 60.2 Å². The first kappa shape index (κ1) is 18.6. The summed E-state index contributed by atoms with van der Waals surface area (Å²) < 4.78 is 40.6. The molecular formula is C19H18F3N5. The molecule has 2 aromatic heterocycles. The second-order valence-corrected chi connectivity index (χ2v) is 6.92. The van der Waals surface area contributed by atoms with Crippen LogP contribution < -0.4 is 10.6 Å². The lowest BCUT2D eigenvalue weighted by atomic mass is 10.1. The summed E-state index contributed by atoms with van der Waals surface area (Å²) in [7, 11) is 0. The molecule has 0 fully saturated rings. The third kappa shape index (κ3) is 4.52. The van der Waals surface area contributed by atoms with E-state index >= 15 is 0 Å². The molecule has 0 saturated heterocycles. The minimum atomic E-state index is -1.54. The van der Waals surface area contributed by atoms with E-state index in [1.807, 2.05) is 20.8 Å². The van der Waals surface area contributed by atoms with Crippen LogP contribution in [0.3, 0.4) is 0 Å². The zero-order valence-electron chi connectivity index (χ0n) is 15.0. The number of nitrogens with zero attached hydrogens (tertiary/aromatic N) is 3. The van der Waals surface area contributed by atoms with E-state index in [9.17, 15) is 13.2 Å². The highest BCUT2D eigenvalue weighted by molar-refractivity contribution is 5.67. The van der Waals surface area contributed by atoms with Crippen molar-refractivity contribution in [3.8, 4) is 11.3 Å². The van der Waals surface area contributed by atoms with Crippen LogP contribution in [-0.2, 0) is 0 Å². The van der Waals surface area contributed by atoms with E-state index < -0.39 is 17.5 Å². The van der Waals surface area contributed by atoms with E-state index in [1.165, 1.54) is 0 Å². The van der Waals surface area contributed by atoms with Crippen LogP contribution in [0.5, 0.6) is 0 Å². The predicted octanol–water partition coefficient (Wildman–Crippen LogP) is 4.91. The summed E-state index contributed by atoms with van der Waals surface area (Å²) in [6.45, 7) is 5.83. The lowest BCUT2D eigenvalue weighted by Gasteiger charge is -2.21. The highest BCUT2D eigenvalue weighted by Crippen LogP contribution is 2.27. The number of hydrogen-bond acceptors (Lipinski definition) is 5. The van der Waals surface area contributed by atoms with Gasteiger partial charge in [-0.3, -0.25) is 4.98 Å². The van der Waals surface area contributed by atoms with Crippen molar-refractivity contribution in [2.75, 3.05) is 10.6 Å². The summed E-state index contributed by atoms with van der Waals surface area (Å²) in [6, 6.07) is 7.08. The molecule has 0 spiro atoms. The van der Waals surface area contributed by atoms with Gasteiger partial charge in [0.2, 0.25) is 5.95 Å². The maximum Gasteiger partial charge on any atom is 0.225 e. The fraction of sp³-hybridized carbons (Fsp3) is 0.211. The van der Waals surface area contributed by atoms with Gasteiger partial charge in [0.15, 0.2) is 17.5 Å². The number of rotatable bonds is 4. The predicted molar refractivity (Wildman–Crippen MR) is 98.2 cm³/mol. The van der Waals surface area contributed by atoms with Gasteiger partial charge in [-0.2, -0.15) is 4.98 Å². The standard InChI is InChI=1S/C19H18F3N5/c1-19(2,3)27-18-25-14(11-6-8-23-9-7-11)10-15(26-18)24-13-5-4-12(20)16(21)17(13)22/h4-10H,1-3H3,(H2,24,25,26,27). The number of pyridine rings is 1. The van der Waals surface area contributed by atoms with Gasteiger partial charge in [-0.25, -0.2) is 18.2 Å². The molecule has 0 aliphatic rings. The highest BCUT2D eigenvalue weighted by atomic mass is 19.2. The van der Waals surface area contributed by atoms with Crippen molar-refractivity contribution in [1.29, 1.82) is 0 Å². The zero-order chi connectivity index (χ0) is 19.6. The van der Waals surface area contributed by atoms with Crippen molar-refractivity contribution in [3.63, 3.8) is 0 Å². The minimum Gasteiger partial charge on any atom is -0.350 e. The molecule has 0 radical (unpaired) electrons. The first-order valence-electron chi connectivity index (χ1n) is 8.21. The van der Waals surface area contributed by atoms with Crippen molar-refractivity contribution in [1.82, 2.24) is 15.0 Å². The molecule has 2 heterocycles. The number of hydrogen-bond donors (Lipinski definition) is 2. The lowest BCUT2D eigenvalue weighted by molar-refractivity contribution is 0.449. The van der Waals surface area contributed by atoms with Crippen molar-refractivity contribution >= 4 is 17.5 Å². The molecule has 0 amide bonds. The first-order chi connectivity index (χ1) is 12.7. The topological polar surface area (TPSA) is 62.7 Å². The molecule has 0 saturated carbocycles. The van der Waals surface area contributed by atoms with Crippen molar-refractivity contribution in [2.45, 2.75) is 26.3 Å². The van der Waals surface area contributed by atoms with Crippen molar-refractivity contribution < 1.29 is 13.2 Å². The number of aromatic nitrogens is 3. The van der Waals surface area contributed by atoms with Gasteiger partial charge in [0.1, 0.15) is 5.82 Å². The van der Waals surface area contributed by atoms with Crippen LogP contribution in [0.4, 0.5) is 30.6 Å². The lowest BCUT2D eigenvalue weighted by Crippen LogP contribution is -2.27. The maximum atomic E-state index is 14.0. The number of benzene rings is 1. The first-order valence-corrected chi connectivity index (χ1v) is 8.21. The van der Waals surface area contributed by atoms with Crippen LogP contribution in [0, 0.1) is 17.5 Å². The minimum absolute atomic E-state index is 0.227. The Labute approximate surface area is 154 Å². The summed E-state index contributed by atoms with van der Waals surface area (Å²) in [5.41, 5.74) is 0.791. The Balaban J connectivity index is 2.04. The largest absolute Gasteiger partial charge is 0.350 e. The van der Waals surface area contributed by atoms with Gasteiger partial charge in [0, 0.05) is 29.6 Å². The van der Waals surface area contributed by atoms with Gasteiger partial charge < -0.3 is 10.6 Å². The van der Waals surface area contributed by atoms with Gasteiger partial charge in [-0.05, 0) is 45.0 Å². The Hall–Kier alpha value is -3.16. The second kappa shape index (κ2) is 7.22. The van der Waals surface area contributed by atoms with Gasteiger partial charge in [0.05, 0.1) is 11.4 Å². The monoisotopic (exact) mass is 373 g/mol. The van der Waals surface area contributed by atoms with Crippen LogP contribution in [-0.4, -0.2) is 20.5 Å².